The SMILES string of the molecule is CNc1nc(C(C)C)nc(N2CCCCCCC2)c1C. The van der Waals surface area contributed by atoms with E-state index in [2.05, 4.69) is 36.0 Å². The maximum atomic E-state index is 4.85. The number of anilines is 2. The highest BCUT2D eigenvalue weighted by atomic mass is 15.2. The predicted octanol–water partition coefficient (Wildman–Crippen LogP) is 3.72. The van der Waals surface area contributed by atoms with Crippen LogP contribution in [0.4, 0.5) is 11.6 Å². The van der Waals surface area contributed by atoms with Gasteiger partial charge in [0.15, 0.2) is 0 Å². The molecule has 4 nitrogen and oxygen atoms in total. The monoisotopic (exact) mass is 276 g/mol. The molecule has 0 amide bonds. The number of nitrogens with zero attached hydrogens (tertiary/aromatic N) is 3. The van der Waals surface area contributed by atoms with Gasteiger partial charge in [0.2, 0.25) is 0 Å². The Hall–Kier alpha value is -1.32. The normalized spacial score (nSPS) is 16.9. The average molecular weight is 276 g/mol. The average Bonchev–Trinajstić information content (AvgIpc) is 2.39. The van der Waals surface area contributed by atoms with Gasteiger partial charge in [0, 0.05) is 31.6 Å². The maximum absolute atomic E-state index is 4.85. The van der Waals surface area contributed by atoms with Crippen molar-refractivity contribution in [2.24, 2.45) is 0 Å². The van der Waals surface area contributed by atoms with Crippen molar-refractivity contribution in [1.82, 2.24) is 9.97 Å². The molecule has 1 aliphatic heterocycles. The van der Waals surface area contributed by atoms with Crippen molar-refractivity contribution in [3.05, 3.63) is 11.4 Å². The molecule has 0 unspecified atom stereocenters. The largest absolute Gasteiger partial charge is 0.373 e. The number of hydrogen-bond donors (Lipinski definition) is 1. The lowest BCUT2D eigenvalue weighted by Crippen LogP contribution is -2.29. The molecule has 0 aromatic carbocycles. The molecule has 1 N–H and O–H groups in total. The van der Waals surface area contributed by atoms with Gasteiger partial charge in [-0.15, -0.1) is 0 Å². The van der Waals surface area contributed by atoms with Crippen molar-refractivity contribution in [3.8, 4) is 0 Å². The number of hydrogen-bond acceptors (Lipinski definition) is 4. The Morgan fingerprint density at radius 1 is 1.00 bits per heavy atom. The topological polar surface area (TPSA) is 41.1 Å². The lowest BCUT2D eigenvalue weighted by atomic mass is 10.1. The third kappa shape index (κ3) is 3.41. The van der Waals surface area contributed by atoms with E-state index < -0.39 is 0 Å². The van der Waals surface area contributed by atoms with Crippen molar-refractivity contribution in [3.63, 3.8) is 0 Å². The van der Waals surface area contributed by atoms with Crippen molar-refractivity contribution >= 4 is 11.6 Å². The summed E-state index contributed by atoms with van der Waals surface area (Å²) in [6.07, 6.45) is 6.62. The number of aromatic nitrogens is 2. The van der Waals surface area contributed by atoms with Gasteiger partial charge in [-0.25, -0.2) is 9.97 Å². The van der Waals surface area contributed by atoms with E-state index in [1.165, 1.54) is 37.7 Å². The molecule has 1 fully saturated rings. The summed E-state index contributed by atoms with van der Waals surface area (Å²) in [7, 11) is 1.94. The van der Waals surface area contributed by atoms with Crippen molar-refractivity contribution in [1.29, 1.82) is 0 Å². The van der Waals surface area contributed by atoms with Crippen LogP contribution in [0.5, 0.6) is 0 Å². The third-order valence-corrected chi connectivity index (χ3v) is 4.05. The van der Waals surface area contributed by atoms with Gasteiger partial charge in [-0.1, -0.05) is 33.1 Å². The maximum Gasteiger partial charge on any atom is 0.137 e. The van der Waals surface area contributed by atoms with Gasteiger partial charge in [0.05, 0.1) is 0 Å². The summed E-state index contributed by atoms with van der Waals surface area (Å²) >= 11 is 0. The number of rotatable bonds is 3. The van der Waals surface area contributed by atoms with Crippen LogP contribution in [0.2, 0.25) is 0 Å². The zero-order chi connectivity index (χ0) is 14.5. The second kappa shape index (κ2) is 6.91. The van der Waals surface area contributed by atoms with Crippen LogP contribution in [0, 0.1) is 6.92 Å². The second-order valence-electron chi connectivity index (χ2n) is 6.04. The van der Waals surface area contributed by atoms with Crippen LogP contribution in [0.1, 0.15) is 63.3 Å². The fourth-order valence-corrected chi connectivity index (χ4v) is 2.79. The van der Waals surface area contributed by atoms with Gasteiger partial charge >= 0.3 is 0 Å². The molecule has 0 bridgehead atoms. The van der Waals surface area contributed by atoms with Crippen LogP contribution in [-0.2, 0) is 0 Å². The highest BCUT2D eigenvalue weighted by molar-refractivity contribution is 5.58. The summed E-state index contributed by atoms with van der Waals surface area (Å²) in [6.45, 7) is 8.68. The molecule has 0 radical (unpaired) electrons. The van der Waals surface area contributed by atoms with Gasteiger partial charge in [0.25, 0.3) is 0 Å². The first kappa shape index (κ1) is 15.1. The second-order valence-corrected chi connectivity index (χ2v) is 6.04. The van der Waals surface area contributed by atoms with Crippen LogP contribution in [0.25, 0.3) is 0 Å². The van der Waals surface area contributed by atoms with Crippen LogP contribution in [0.15, 0.2) is 0 Å². The molecule has 1 saturated heterocycles. The first-order chi connectivity index (χ1) is 9.63. The van der Waals surface area contributed by atoms with Crippen molar-refractivity contribution in [2.45, 2.75) is 58.8 Å². The minimum Gasteiger partial charge on any atom is -0.373 e. The van der Waals surface area contributed by atoms with Gasteiger partial charge in [-0.05, 0) is 19.8 Å². The molecule has 0 saturated carbocycles. The lowest BCUT2D eigenvalue weighted by molar-refractivity contribution is 0.552. The van der Waals surface area contributed by atoms with Gasteiger partial charge < -0.3 is 10.2 Å². The van der Waals surface area contributed by atoms with E-state index in [1.807, 2.05) is 7.05 Å². The molecule has 1 aromatic heterocycles. The summed E-state index contributed by atoms with van der Waals surface area (Å²) in [5, 5.41) is 3.22. The smallest absolute Gasteiger partial charge is 0.137 e. The summed E-state index contributed by atoms with van der Waals surface area (Å²) in [4.78, 5) is 12.0. The Morgan fingerprint density at radius 2 is 1.60 bits per heavy atom. The highest BCUT2D eigenvalue weighted by Gasteiger charge is 2.18. The molecule has 1 aliphatic rings. The summed E-state index contributed by atoms with van der Waals surface area (Å²) in [5.41, 5.74) is 1.18. The van der Waals surface area contributed by atoms with E-state index in [1.54, 1.807) is 0 Å². The molecule has 0 atom stereocenters. The van der Waals surface area contributed by atoms with Crippen LogP contribution in [-0.4, -0.2) is 30.1 Å². The third-order valence-electron chi connectivity index (χ3n) is 4.05. The highest BCUT2D eigenvalue weighted by Crippen LogP contribution is 2.27. The molecule has 4 heteroatoms. The molecule has 2 rings (SSSR count). The summed E-state index contributed by atoms with van der Waals surface area (Å²) in [5.74, 6) is 3.41. The zero-order valence-corrected chi connectivity index (χ0v) is 13.4. The zero-order valence-electron chi connectivity index (χ0n) is 13.4. The quantitative estimate of drug-likeness (QED) is 0.913. The van der Waals surface area contributed by atoms with Crippen LogP contribution in [0.3, 0.4) is 0 Å². The van der Waals surface area contributed by atoms with Crippen LogP contribution >= 0.6 is 0 Å². The van der Waals surface area contributed by atoms with Gasteiger partial charge in [-0.3, -0.25) is 0 Å². The predicted molar refractivity (Wildman–Crippen MR) is 85.7 cm³/mol. The van der Waals surface area contributed by atoms with E-state index in [0.717, 1.165) is 30.5 Å². The minimum absolute atomic E-state index is 0.358. The molecule has 0 spiro atoms. The molecular formula is C16H28N4. The summed E-state index contributed by atoms with van der Waals surface area (Å²) < 4.78 is 0. The Bertz CT molecular complexity index is 434. The molecule has 20 heavy (non-hydrogen) atoms. The summed E-state index contributed by atoms with van der Waals surface area (Å²) in [6, 6.07) is 0. The molecular weight excluding hydrogens is 248 g/mol. The lowest BCUT2D eigenvalue weighted by Gasteiger charge is -2.28. The fourth-order valence-electron chi connectivity index (χ4n) is 2.79. The Kier molecular flexibility index (Phi) is 5.21. The molecule has 2 heterocycles. The molecule has 0 aliphatic carbocycles. The van der Waals surface area contributed by atoms with Crippen molar-refractivity contribution < 1.29 is 0 Å². The Labute approximate surface area is 123 Å². The molecule has 1 aromatic rings. The van der Waals surface area contributed by atoms with Gasteiger partial charge in [0.1, 0.15) is 17.5 Å². The minimum atomic E-state index is 0.358. The first-order valence-corrected chi connectivity index (χ1v) is 7.94. The first-order valence-electron chi connectivity index (χ1n) is 7.94. The fraction of sp³-hybridized carbons (Fsp3) is 0.750. The van der Waals surface area contributed by atoms with E-state index in [0.29, 0.717) is 5.92 Å². The van der Waals surface area contributed by atoms with Crippen molar-refractivity contribution in [2.75, 3.05) is 30.4 Å². The molecule has 112 valence electrons. The van der Waals surface area contributed by atoms with E-state index in [-0.39, 0.29) is 0 Å². The Morgan fingerprint density at radius 3 is 2.15 bits per heavy atom. The van der Waals surface area contributed by atoms with E-state index in [4.69, 9.17) is 4.98 Å². The van der Waals surface area contributed by atoms with Gasteiger partial charge in [-0.2, -0.15) is 0 Å². The van der Waals surface area contributed by atoms with Crippen LogP contribution < -0.4 is 10.2 Å². The van der Waals surface area contributed by atoms with E-state index >= 15 is 0 Å². The Balaban J connectivity index is 2.34. The number of nitrogens with one attached hydrogen (secondary N) is 1. The van der Waals surface area contributed by atoms with E-state index in [9.17, 15) is 0 Å². The standard InChI is InChI=1S/C16H28N4/c1-12(2)14-18-15(17-4)13(3)16(19-14)20-10-8-6-5-7-9-11-20/h12H,5-11H2,1-4H3,(H,17,18,19).